The van der Waals surface area contributed by atoms with Crippen LogP contribution in [0.1, 0.15) is 18.4 Å². The number of rotatable bonds is 15. The number of nitrogens with one attached hydrogen (secondary N) is 3. The number of aromatic nitrogens is 5. The fourth-order valence-corrected chi connectivity index (χ4v) is 3.46. The smallest absolute Gasteiger partial charge is 0.330 e. The monoisotopic (exact) mass is 525 g/mol. The van der Waals surface area contributed by atoms with E-state index in [9.17, 15) is 10.1 Å². The van der Waals surface area contributed by atoms with Crippen molar-refractivity contribution in [1.82, 2.24) is 24.7 Å². The lowest BCUT2D eigenvalue weighted by molar-refractivity contribution is -0.137. The summed E-state index contributed by atoms with van der Waals surface area (Å²) in [4.78, 5) is 24.4. The summed E-state index contributed by atoms with van der Waals surface area (Å²) >= 11 is 1.38. The van der Waals surface area contributed by atoms with Crippen molar-refractivity contribution in [3.8, 4) is 11.2 Å². The maximum atomic E-state index is 11.2. The van der Waals surface area contributed by atoms with Gasteiger partial charge in [-0.1, -0.05) is 6.58 Å². The SMILES string of the molecule is C=CC(=O)OCCCNc1nc(NC)c(N=Nc2nn(-c3nccs3)cc2C#N)c(NCCCOC)n1. The average molecular weight is 526 g/mol. The molecule has 15 heteroatoms. The molecule has 0 radical (unpaired) electrons. The molecule has 3 rings (SSSR count). The number of thiazole rings is 1. The summed E-state index contributed by atoms with van der Waals surface area (Å²) in [6.45, 7) is 5.21. The number of nitrogens with zero attached hydrogens (tertiary/aromatic N) is 8. The van der Waals surface area contributed by atoms with E-state index in [0.29, 0.717) is 54.5 Å². The molecule has 0 aromatic carbocycles. The van der Waals surface area contributed by atoms with Gasteiger partial charge in [0.05, 0.1) is 12.8 Å². The van der Waals surface area contributed by atoms with Crippen LogP contribution in [0.4, 0.5) is 29.1 Å². The summed E-state index contributed by atoms with van der Waals surface area (Å²) < 4.78 is 11.6. The van der Waals surface area contributed by atoms with Gasteiger partial charge in [-0.15, -0.1) is 26.7 Å². The Bertz CT molecular complexity index is 1250. The normalized spacial score (nSPS) is 10.7. The van der Waals surface area contributed by atoms with Gasteiger partial charge in [-0.2, -0.15) is 15.2 Å². The number of hydrogen-bond acceptors (Lipinski definition) is 14. The summed E-state index contributed by atoms with van der Waals surface area (Å²) in [5, 5.41) is 34.2. The lowest BCUT2D eigenvalue weighted by atomic mass is 10.3. The number of esters is 1. The maximum absolute atomic E-state index is 11.2. The second-order valence-corrected chi connectivity index (χ2v) is 8.08. The summed E-state index contributed by atoms with van der Waals surface area (Å²) in [5.41, 5.74) is 0.592. The topological polar surface area (TPSA) is 177 Å². The van der Waals surface area contributed by atoms with Crippen LogP contribution in [0, 0.1) is 11.3 Å². The van der Waals surface area contributed by atoms with Crippen molar-refractivity contribution in [2.45, 2.75) is 12.8 Å². The Hall–Kier alpha value is -4.42. The van der Waals surface area contributed by atoms with Crippen LogP contribution >= 0.6 is 11.3 Å². The number of hydrogen-bond donors (Lipinski definition) is 3. The molecule has 3 aromatic rings. The van der Waals surface area contributed by atoms with E-state index in [0.717, 1.165) is 12.5 Å². The lowest BCUT2D eigenvalue weighted by Crippen LogP contribution is -2.13. The first-order chi connectivity index (χ1) is 18.1. The number of anilines is 3. The summed E-state index contributed by atoms with van der Waals surface area (Å²) in [6.07, 6.45) is 5.60. The molecule has 0 aliphatic carbocycles. The zero-order valence-electron chi connectivity index (χ0n) is 20.5. The molecule has 0 aliphatic heterocycles. The molecule has 37 heavy (non-hydrogen) atoms. The van der Waals surface area contributed by atoms with E-state index in [1.165, 1.54) is 16.0 Å². The molecule has 0 atom stereocenters. The molecule has 0 saturated carbocycles. The minimum Gasteiger partial charge on any atom is -0.462 e. The standard InChI is InChI=1S/C22H27N11O3S/c1-4-16(34)36-11-6-8-26-21-28-19(24-2)17(20(29-21)25-7-5-10-35-3)30-31-18-15(13-23)14-33(32-18)22-27-9-12-37-22/h4,9,12,14H,1,5-8,10-11H2,2-3H3,(H3,24,25,26,28,29). The Morgan fingerprint density at radius 2 is 2.03 bits per heavy atom. The lowest BCUT2D eigenvalue weighted by Gasteiger charge is -2.14. The molecule has 0 spiro atoms. The van der Waals surface area contributed by atoms with Crippen molar-refractivity contribution in [2.75, 3.05) is 56.4 Å². The van der Waals surface area contributed by atoms with Gasteiger partial charge in [0.2, 0.25) is 16.9 Å². The van der Waals surface area contributed by atoms with E-state index in [1.54, 1.807) is 26.6 Å². The van der Waals surface area contributed by atoms with Crippen molar-refractivity contribution in [3.05, 3.63) is 36.0 Å². The van der Waals surface area contributed by atoms with Crippen molar-refractivity contribution in [2.24, 2.45) is 10.2 Å². The van der Waals surface area contributed by atoms with Gasteiger partial charge < -0.3 is 25.4 Å². The molecule has 0 fully saturated rings. The first kappa shape index (κ1) is 27.2. The number of carbonyl (C=O) groups is 1. The number of nitriles is 1. The Morgan fingerprint density at radius 1 is 1.24 bits per heavy atom. The molecule has 194 valence electrons. The molecule has 0 bridgehead atoms. The average Bonchev–Trinajstić information content (AvgIpc) is 3.59. The van der Waals surface area contributed by atoms with Crippen molar-refractivity contribution >= 4 is 46.4 Å². The highest BCUT2D eigenvalue weighted by atomic mass is 32.1. The zero-order valence-corrected chi connectivity index (χ0v) is 21.3. The van der Waals surface area contributed by atoms with Crippen LogP contribution in [0.25, 0.3) is 5.13 Å². The predicted octanol–water partition coefficient (Wildman–Crippen LogP) is 3.43. The van der Waals surface area contributed by atoms with Crippen LogP contribution in [0.15, 0.2) is 40.7 Å². The fraction of sp³-hybridized carbons (Fsp3) is 0.364. The zero-order chi connectivity index (χ0) is 26.5. The van der Waals surface area contributed by atoms with Gasteiger partial charge in [-0.05, 0) is 12.8 Å². The molecule has 0 unspecified atom stereocenters. The van der Waals surface area contributed by atoms with Gasteiger partial charge in [0, 0.05) is 51.5 Å². The van der Waals surface area contributed by atoms with Gasteiger partial charge in [-0.3, -0.25) is 0 Å². The van der Waals surface area contributed by atoms with E-state index in [2.05, 4.69) is 58.9 Å². The molecule has 3 N–H and O–H groups in total. The highest BCUT2D eigenvalue weighted by Crippen LogP contribution is 2.34. The third-order valence-corrected chi connectivity index (χ3v) is 5.39. The predicted molar refractivity (Wildman–Crippen MR) is 139 cm³/mol. The molecular formula is C22H27N11O3S. The minimum atomic E-state index is -0.470. The molecular weight excluding hydrogens is 498 g/mol. The van der Waals surface area contributed by atoms with Crippen LogP contribution in [-0.2, 0) is 14.3 Å². The van der Waals surface area contributed by atoms with Crippen LogP contribution in [-0.4, -0.2) is 71.2 Å². The largest absolute Gasteiger partial charge is 0.462 e. The van der Waals surface area contributed by atoms with Gasteiger partial charge in [-0.25, -0.2) is 14.5 Å². The van der Waals surface area contributed by atoms with Crippen LogP contribution in [0.3, 0.4) is 0 Å². The van der Waals surface area contributed by atoms with E-state index in [1.807, 2.05) is 5.38 Å². The Labute approximate surface area is 217 Å². The summed E-state index contributed by atoms with van der Waals surface area (Å²) in [6, 6.07) is 2.08. The number of carbonyl (C=O) groups excluding carboxylic acids is 1. The van der Waals surface area contributed by atoms with Gasteiger partial charge in [0.1, 0.15) is 11.6 Å². The molecule has 0 amide bonds. The summed E-state index contributed by atoms with van der Waals surface area (Å²) in [7, 11) is 3.34. The molecule has 0 aliphatic rings. The fourth-order valence-electron chi connectivity index (χ4n) is 2.90. The third kappa shape index (κ3) is 7.78. The quantitative estimate of drug-likeness (QED) is 0.115. The molecule has 3 aromatic heterocycles. The Morgan fingerprint density at radius 3 is 2.73 bits per heavy atom. The third-order valence-electron chi connectivity index (χ3n) is 4.63. The van der Waals surface area contributed by atoms with Crippen LogP contribution in [0.2, 0.25) is 0 Å². The first-order valence-electron chi connectivity index (χ1n) is 11.3. The van der Waals surface area contributed by atoms with Crippen molar-refractivity contribution in [1.29, 1.82) is 5.26 Å². The van der Waals surface area contributed by atoms with Crippen LogP contribution < -0.4 is 16.0 Å². The highest BCUT2D eigenvalue weighted by Gasteiger charge is 2.16. The van der Waals surface area contributed by atoms with Crippen molar-refractivity contribution in [3.63, 3.8) is 0 Å². The molecule has 14 nitrogen and oxygen atoms in total. The highest BCUT2D eigenvalue weighted by molar-refractivity contribution is 7.12. The van der Waals surface area contributed by atoms with Gasteiger partial charge in [0.25, 0.3) is 0 Å². The van der Waals surface area contributed by atoms with Gasteiger partial charge >= 0.3 is 5.97 Å². The molecule has 0 saturated heterocycles. The van der Waals surface area contributed by atoms with Gasteiger partial charge in [0.15, 0.2) is 17.3 Å². The van der Waals surface area contributed by atoms with E-state index in [4.69, 9.17) is 9.47 Å². The minimum absolute atomic E-state index is 0.140. The number of methoxy groups -OCH3 is 1. The second kappa shape index (κ2) is 14.2. The van der Waals surface area contributed by atoms with Crippen molar-refractivity contribution < 1.29 is 14.3 Å². The maximum Gasteiger partial charge on any atom is 0.330 e. The van der Waals surface area contributed by atoms with E-state index in [-0.39, 0.29) is 18.0 Å². The first-order valence-corrected chi connectivity index (χ1v) is 12.1. The second-order valence-electron chi connectivity index (χ2n) is 7.21. The Balaban J connectivity index is 1.83. The molecule has 3 heterocycles. The van der Waals surface area contributed by atoms with Crippen LogP contribution in [0.5, 0.6) is 0 Å². The van der Waals surface area contributed by atoms with E-state index < -0.39 is 5.97 Å². The van der Waals surface area contributed by atoms with E-state index >= 15 is 0 Å². The number of azo groups is 1. The Kier molecular flexibility index (Phi) is 10.4. The summed E-state index contributed by atoms with van der Waals surface area (Å²) in [5.74, 6) is 0.853. The number of ether oxygens (including phenoxy) is 2.